The third-order valence-electron chi connectivity index (χ3n) is 3.26. The maximum absolute atomic E-state index is 12.6. The molecule has 1 aromatic rings. The van der Waals surface area contributed by atoms with E-state index in [0.29, 0.717) is 6.07 Å². The highest BCUT2D eigenvalue weighted by Gasteiger charge is 2.39. The lowest BCUT2D eigenvalue weighted by molar-refractivity contribution is -0.141. The Labute approximate surface area is 117 Å². The van der Waals surface area contributed by atoms with Crippen LogP contribution in [-0.2, 0) is 11.0 Å². The SMILES string of the molecule is O=C(O)C1CC(O)CN1C(=O)c1cccc(C(F)(F)F)c1. The van der Waals surface area contributed by atoms with Crippen LogP contribution in [0.3, 0.4) is 0 Å². The summed E-state index contributed by atoms with van der Waals surface area (Å²) < 4.78 is 37.8. The van der Waals surface area contributed by atoms with E-state index in [-0.39, 0.29) is 18.5 Å². The normalized spacial score (nSPS) is 22.4. The van der Waals surface area contributed by atoms with Crippen LogP contribution in [0.4, 0.5) is 13.2 Å². The summed E-state index contributed by atoms with van der Waals surface area (Å²) in [7, 11) is 0. The Kier molecular flexibility index (Phi) is 3.91. The van der Waals surface area contributed by atoms with E-state index in [1.165, 1.54) is 6.07 Å². The Balaban J connectivity index is 2.30. The zero-order chi connectivity index (χ0) is 15.8. The van der Waals surface area contributed by atoms with Crippen LogP contribution in [0.15, 0.2) is 24.3 Å². The summed E-state index contributed by atoms with van der Waals surface area (Å²) in [4.78, 5) is 24.1. The molecule has 0 radical (unpaired) electrons. The van der Waals surface area contributed by atoms with E-state index in [1.807, 2.05) is 0 Å². The van der Waals surface area contributed by atoms with Crippen LogP contribution in [0.1, 0.15) is 22.3 Å². The average molecular weight is 303 g/mol. The monoisotopic (exact) mass is 303 g/mol. The zero-order valence-electron chi connectivity index (χ0n) is 10.7. The molecule has 2 N–H and O–H groups in total. The summed E-state index contributed by atoms with van der Waals surface area (Å²) >= 11 is 0. The molecular formula is C13H12F3NO4. The highest BCUT2D eigenvalue weighted by atomic mass is 19.4. The first-order valence-electron chi connectivity index (χ1n) is 6.09. The highest BCUT2D eigenvalue weighted by molar-refractivity contribution is 5.97. The number of hydrogen-bond acceptors (Lipinski definition) is 3. The van der Waals surface area contributed by atoms with Gasteiger partial charge in [0.1, 0.15) is 6.04 Å². The fourth-order valence-corrected chi connectivity index (χ4v) is 2.27. The standard InChI is InChI=1S/C13H12F3NO4/c14-13(15,16)8-3-1-2-7(4-8)11(19)17-6-9(18)5-10(17)12(20)21/h1-4,9-10,18H,5-6H2,(H,20,21). The molecule has 0 spiro atoms. The van der Waals surface area contributed by atoms with Gasteiger partial charge in [-0.05, 0) is 18.2 Å². The number of rotatable bonds is 2. The lowest BCUT2D eigenvalue weighted by atomic mass is 10.1. The lowest BCUT2D eigenvalue weighted by Crippen LogP contribution is -2.40. The molecule has 0 aliphatic carbocycles. The van der Waals surface area contributed by atoms with Crippen molar-refractivity contribution in [3.63, 3.8) is 0 Å². The molecule has 5 nitrogen and oxygen atoms in total. The Morgan fingerprint density at radius 3 is 2.52 bits per heavy atom. The number of β-amino-alcohol motifs (C(OH)–C–C–N with tert-alkyl or cyclic N) is 1. The number of likely N-dealkylation sites (tertiary alicyclic amines) is 1. The van der Waals surface area contributed by atoms with Gasteiger partial charge >= 0.3 is 12.1 Å². The number of aliphatic carboxylic acids is 1. The molecule has 0 bridgehead atoms. The fourth-order valence-electron chi connectivity index (χ4n) is 2.27. The molecule has 1 aliphatic heterocycles. The van der Waals surface area contributed by atoms with Crippen molar-refractivity contribution in [2.45, 2.75) is 24.7 Å². The van der Waals surface area contributed by atoms with Gasteiger partial charge in [0.05, 0.1) is 11.7 Å². The molecule has 2 rings (SSSR count). The molecule has 8 heteroatoms. The Hall–Kier alpha value is -2.09. The Morgan fingerprint density at radius 2 is 1.95 bits per heavy atom. The molecule has 21 heavy (non-hydrogen) atoms. The van der Waals surface area contributed by atoms with Crippen molar-refractivity contribution in [3.05, 3.63) is 35.4 Å². The minimum atomic E-state index is -4.59. The van der Waals surface area contributed by atoms with Gasteiger partial charge in [-0.15, -0.1) is 0 Å². The van der Waals surface area contributed by atoms with Crippen molar-refractivity contribution >= 4 is 11.9 Å². The average Bonchev–Trinajstić information content (AvgIpc) is 2.79. The second-order valence-electron chi connectivity index (χ2n) is 4.78. The van der Waals surface area contributed by atoms with Crippen LogP contribution >= 0.6 is 0 Å². The molecule has 1 aromatic carbocycles. The number of hydrogen-bond donors (Lipinski definition) is 2. The van der Waals surface area contributed by atoms with Gasteiger partial charge in [0.2, 0.25) is 0 Å². The van der Waals surface area contributed by atoms with E-state index in [9.17, 15) is 27.9 Å². The summed E-state index contributed by atoms with van der Waals surface area (Å²) in [6.45, 7) is -0.216. The van der Waals surface area contributed by atoms with E-state index < -0.39 is 35.8 Å². The number of carboxylic acid groups (broad SMARTS) is 1. The van der Waals surface area contributed by atoms with Gasteiger partial charge in [-0.2, -0.15) is 13.2 Å². The summed E-state index contributed by atoms with van der Waals surface area (Å²) in [5.41, 5.74) is -1.25. The summed E-state index contributed by atoms with van der Waals surface area (Å²) in [6.07, 6.45) is -5.73. The number of carboxylic acids is 1. The van der Waals surface area contributed by atoms with Crippen molar-refractivity contribution in [1.29, 1.82) is 0 Å². The van der Waals surface area contributed by atoms with Crippen molar-refractivity contribution in [1.82, 2.24) is 4.90 Å². The van der Waals surface area contributed by atoms with Crippen molar-refractivity contribution in [3.8, 4) is 0 Å². The molecule has 2 atom stereocenters. The fraction of sp³-hybridized carbons (Fsp3) is 0.385. The lowest BCUT2D eigenvalue weighted by Gasteiger charge is -2.21. The van der Waals surface area contributed by atoms with Gasteiger partial charge in [-0.3, -0.25) is 4.79 Å². The number of carbonyl (C=O) groups is 2. The maximum atomic E-state index is 12.6. The molecule has 1 saturated heterocycles. The van der Waals surface area contributed by atoms with Gasteiger partial charge < -0.3 is 15.1 Å². The summed E-state index contributed by atoms with van der Waals surface area (Å²) in [6, 6.07) is 2.53. The minimum absolute atomic E-state index is 0.139. The van der Waals surface area contributed by atoms with Crippen LogP contribution in [0, 0.1) is 0 Å². The third kappa shape index (κ3) is 3.15. The van der Waals surface area contributed by atoms with Crippen LogP contribution in [0.2, 0.25) is 0 Å². The van der Waals surface area contributed by atoms with Gasteiger partial charge in [-0.1, -0.05) is 6.07 Å². The molecule has 2 unspecified atom stereocenters. The molecule has 114 valence electrons. The first kappa shape index (κ1) is 15.3. The molecule has 1 fully saturated rings. The second-order valence-corrected chi connectivity index (χ2v) is 4.78. The second kappa shape index (κ2) is 5.36. The number of amides is 1. The summed E-state index contributed by atoms with van der Waals surface area (Å²) in [5.74, 6) is -2.14. The van der Waals surface area contributed by atoms with Crippen LogP contribution in [-0.4, -0.2) is 45.7 Å². The van der Waals surface area contributed by atoms with Crippen LogP contribution in [0.5, 0.6) is 0 Å². The van der Waals surface area contributed by atoms with Crippen LogP contribution < -0.4 is 0 Å². The van der Waals surface area contributed by atoms with E-state index in [4.69, 9.17) is 5.11 Å². The predicted molar refractivity (Wildman–Crippen MR) is 64.5 cm³/mol. The quantitative estimate of drug-likeness (QED) is 0.865. The number of carbonyl (C=O) groups excluding carboxylic acids is 1. The van der Waals surface area contributed by atoms with Crippen molar-refractivity contribution in [2.24, 2.45) is 0 Å². The molecule has 1 aliphatic rings. The smallest absolute Gasteiger partial charge is 0.416 e. The summed E-state index contributed by atoms with van der Waals surface area (Å²) in [5, 5.41) is 18.5. The van der Waals surface area contributed by atoms with Gasteiger partial charge in [0.15, 0.2) is 0 Å². The largest absolute Gasteiger partial charge is 0.480 e. The van der Waals surface area contributed by atoms with E-state index in [1.54, 1.807) is 0 Å². The number of aliphatic hydroxyl groups excluding tert-OH is 1. The third-order valence-corrected chi connectivity index (χ3v) is 3.26. The highest BCUT2D eigenvalue weighted by Crippen LogP contribution is 2.30. The van der Waals surface area contributed by atoms with Crippen LogP contribution in [0.25, 0.3) is 0 Å². The Bertz CT molecular complexity index is 573. The number of nitrogens with zero attached hydrogens (tertiary/aromatic N) is 1. The molecule has 1 heterocycles. The topological polar surface area (TPSA) is 77.8 Å². The van der Waals surface area contributed by atoms with Crippen molar-refractivity contribution < 1.29 is 33.0 Å². The first-order chi connectivity index (χ1) is 9.70. The number of halogens is 3. The van der Waals surface area contributed by atoms with Crippen molar-refractivity contribution in [2.75, 3.05) is 6.54 Å². The van der Waals surface area contributed by atoms with Gasteiger partial charge in [0, 0.05) is 18.5 Å². The van der Waals surface area contributed by atoms with E-state index in [2.05, 4.69) is 0 Å². The number of alkyl halides is 3. The predicted octanol–water partition coefficient (Wildman–Crippen LogP) is 1.37. The van der Waals surface area contributed by atoms with E-state index >= 15 is 0 Å². The molecule has 0 aromatic heterocycles. The number of aliphatic hydroxyl groups is 1. The molecule has 0 saturated carbocycles. The Morgan fingerprint density at radius 1 is 1.29 bits per heavy atom. The first-order valence-corrected chi connectivity index (χ1v) is 6.09. The maximum Gasteiger partial charge on any atom is 0.416 e. The molecular weight excluding hydrogens is 291 g/mol. The van der Waals surface area contributed by atoms with Gasteiger partial charge in [-0.25, -0.2) is 4.79 Å². The van der Waals surface area contributed by atoms with E-state index in [0.717, 1.165) is 17.0 Å². The van der Waals surface area contributed by atoms with Gasteiger partial charge in [0.25, 0.3) is 5.91 Å². The zero-order valence-corrected chi connectivity index (χ0v) is 10.7. The number of benzene rings is 1. The minimum Gasteiger partial charge on any atom is -0.480 e. The molecule has 1 amide bonds.